The molecule has 1 saturated heterocycles. The first-order chi connectivity index (χ1) is 7.00. The SMILES string of the molecule is CC1(C)CN(C(=O)c2ccn[nH]2)CC1Br. The molecule has 1 fully saturated rings. The van der Waals surface area contributed by atoms with Gasteiger partial charge in [-0.1, -0.05) is 29.8 Å². The molecule has 0 radical (unpaired) electrons. The second-order valence-corrected chi connectivity index (χ2v) is 5.72. The van der Waals surface area contributed by atoms with Crippen LogP contribution in [0.15, 0.2) is 12.3 Å². The van der Waals surface area contributed by atoms with Gasteiger partial charge >= 0.3 is 0 Å². The molecule has 1 atom stereocenters. The number of aromatic amines is 1. The minimum absolute atomic E-state index is 0.0301. The number of aromatic nitrogens is 2. The topological polar surface area (TPSA) is 49.0 Å². The van der Waals surface area contributed by atoms with Crippen molar-refractivity contribution in [3.05, 3.63) is 18.0 Å². The van der Waals surface area contributed by atoms with Gasteiger partial charge in [0.25, 0.3) is 5.91 Å². The first-order valence-electron chi connectivity index (χ1n) is 4.93. The quantitative estimate of drug-likeness (QED) is 0.790. The fourth-order valence-corrected chi connectivity index (χ4v) is 2.29. The monoisotopic (exact) mass is 271 g/mol. The number of likely N-dealkylation sites (tertiary alicyclic amines) is 1. The number of hydrogen-bond acceptors (Lipinski definition) is 2. The van der Waals surface area contributed by atoms with Crippen molar-refractivity contribution in [2.24, 2.45) is 5.41 Å². The highest BCUT2D eigenvalue weighted by Gasteiger charge is 2.40. The van der Waals surface area contributed by atoms with Crippen molar-refractivity contribution in [3.8, 4) is 0 Å². The summed E-state index contributed by atoms with van der Waals surface area (Å²) in [7, 11) is 0. The Balaban J connectivity index is 2.12. The van der Waals surface area contributed by atoms with Crippen LogP contribution in [0.1, 0.15) is 24.3 Å². The zero-order valence-corrected chi connectivity index (χ0v) is 10.4. The van der Waals surface area contributed by atoms with Crippen molar-refractivity contribution < 1.29 is 4.79 Å². The Labute approximate surface area is 97.2 Å². The summed E-state index contributed by atoms with van der Waals surface area (Å²) in [6, 6.07) is 1.71. The van der Waals surface area contributed by atoms with Crippen molar-refractivity contribution in [3.63, 3.8) is 0 Å². The summed E-state index contributed by atoms with van der Waals surface area (Å²) in [5.41, 5.74) is 0.697. The number of hydrogen-bond donors (Lipinski definition) is 1. The maximum atomic E-state index is 12.0. The van der Waals surface area contributed by atoms with Gasteiger partial charge in [-0.3, -0.25) is 9.89 Å². The van der Waals surface area contributed by atoms with Crippen LogP contribution in [-0.4, -0.2) is 38.9 Å². The lowest BCUT2D eigenvalue weighted by Crippen LogP contribution is -2.30. The number of halogens is 1. The minimum atomic E-state index is 0.0301. The first kappa shape index (κ1) is 10.7. The molecule has 1 amide bonds. The molecule has 15 heavy (non-hydrogen) atoms. The zero-order chi connectivity index (χ0) is 11.1. The van der Waals surface area contributed by atoms with Crippen LogP contribution in [-0.2, 0) is 0 Å². The number of rotatable bonds is 1. The van der Waals surface area contributed by atoms with Gasteiger partial charge in [-0.15, -0.1) is 0 Å². The van der Waals surface area contributed by atoms with Crippen molar-refractivity contribution in [1.29, 1.82) is 0 Å². The van der Waals surface area contributed by atoms with Crippen molar-refractivity contribution in [2.75, 3.05) is 13.1 Å². The molecule has 0 spiro atoms. The predicted molar refractivity (Wildman–Crippen MR) is 61.0 cm³/mol. The summed E-state index contributed by atoms with van der Waals surface area (Å²) in [5.74, 6) is 0.0301. The average molecular weight is 272 g/mol. The van der Waals surface area contributed by atoms with Crippen molar-refractivity contribution >= 4 is 21.8 Å². The van der Waals surface area contributed by atoms with Gasteiger partial charge in [0, 0.05) is 24.1 Å². The normalized spacial score (nSPS) is 24.5. The van der Waals surface area contributed by atoms with Crippen molar-refractivity contribution in [2.45, 2.75) is 18.7 Å². The second-order valence-electron chi connectivity index (χ2n) is 4.61. The number of alkyl halides is 1. The third-order valence-electron chi connectivity index (χ3n) is 2.85. The first-order valence-corrected chi connectivity index (χ1v) is 5.85. The van der Waals surface area contributed by atoms with Crippen LogP contribution >= 0.6 is 15.9 Å². The molecule has 82 valence electrons. The van der Waals surface area contributed by atoms with E-state index in [-0.39, 0.29) is 11.3 Å². The maximum Gasteiger partial charge on any atom is 0.271 e. The molecule has 1 N–H and O–H groups in total. The van der Waals surface area contributed by atoms with E-state index in [0.29, 0.717) is 10.5 Å². The molecule has 4 nitrogen and oxygen atoms in total. The molecule has 1 aliphatic rings. The number of amides is 1. The van der Waals surface area contributed by atoms with Crippen LogP contribution in [0.4, 0.5) is 0 Å². The fourth-order valence-electron chi connectivity index (χ4n) is 1.80. The molecule has 0 aliphatic carbocycles. The number of H-pyrrole nitrogens is 1. The molecular weight excluding hydrogens is 258 g/mol. The molecule has 2 rings (SSSR count). The van der Waals surface area contributed by atoms with E-state index >= 15 is 0 Å². The lowest BCUT2D eigenvalue weighted by molar-refractivity contribution is 0.0772. The summed E-state index contributed by atoms with van der Waals surface area (Å²) < 4.78 is 0. The highest BCUT2D eigenvalue weighted by molar-refractivity contribution is 9.09. The Bertz CT molecular complexity index is 361. The van der Waals surface area contributed by atoms with Crippen LogP contribution < -0.4 is 0 Å². The summed E-state index contributed by atoms with van der Waals surface area (Å²) in [6.45, 7) is 5.85. The summed E-state index contributed by atoms with van der Waals surface area (Å²) in [4.78, 5) is 14.2. The van der Waals surface area contributed by atoms with Gasteiger partial charge in [0.2, 0.25) is 0 Å². The predicted octanol–water partition coefficient (Wildman–Crippen LogP) is 1.66. The van der Waals surface area contributed by atoms with E-state index in [9.17, 15) is 4.79 Å². The molecule has 1 aliphatic heterocycles. The minimum Gasteiger partial charge on any atom is -0.336 e. The molecular formula is C10H14BrN3O. The van der Waals surface area contributed by atoms with E-state index in [1.54, 1.807) is 12.3 Å². The highest BCUT2D eigenvalue weighted by Crippen LogP contribution is 2.35. The Morgan fingerprint density at radius 3 is 2.93 bits per heavy atom. The van der Waals surface area contributed by atoms with Gasteiger partial charge in [0.15, 0.2) is 0 Å². The number of nitrogens with zero attached hydrogens (tertiary/aromatic N) is 2. The Morgan fingerprint density at radius 1 is 1.73 bits per heavy atom. The van der Waals surface area contributed by atoms with E-state index in [0.717, 1.165) is 13.1 Å². The molecule has 0 saturated carbocycles. The van der Waals surface area contributed by atoms with Crippen LogP contribution in [0.2, 0.25) is 0 Å². The highest BCUT2D eigenvalue weighted by atomic mass is 79.9. The molecule has 2 heterocycles. The van der Waals surface area contributed by atoms with E-state index in [1.807, 2.05) is 4.90 Å². The largest absolute Gasteiger partial charge is 0.336 e. The van der Waals surface area contributed by atoms with E-state index < -0.39 is 0 Å². The third kappa shape index (κ3) is 1.93. The number of nitrogens with one attached hydrogen (secondary N) is 1. The van der Waals surface area contributed by atoms with Crippen LogP contribution in [0, 0.1) is 5.41 Å². The standard InChI is InChI=1S/C10H14BrN3O/c1-10(2)6-14(5-8(10)11)9(15)7-3-4-12-13-7/h3-4,8H,5-6H2,1-2H3,(H,12,13). The molecule has 0 bridgehead atoms. The molecule has 5 heteroatoms. The number of carbonyl (C=O) groups excluding carboxylic acids is 1. The summed E-state index contributed by atoms with van der Waals surface area (Å²) in [6.07, 6.45) is 1.60. The van der Waals surface area contributed by atoms with Gasteiger partial charge < -0.3 is 4.90 Å². The van der Waals surface area contributed by atoms with Gasteiger partial charge in [-0.2, -0.15) is 5.10 Å². The lowest BCUT2D eigenvalue weighted by Gasteiger charge is -2.20. The Morgan fingerprint density at radius 2 is 2.47 bits per heavy atom. The maximum absolute atomic E-state index is 12.0. The van der Waals surface area contributed by atoms with E-state index in [1.165, 1.54) is 0 Å². The third-order valence-corrected chi connectivity index (χ3v) is 4.37. The van der Waals surface area contributed by atoms with Crippen LogP contribution in [0.5, 0.6) is 0 Å². The second kappa shape index (κ2) is 3.63. The Hall–Kier alpha value is -0.840. The average Bonchev–Trinajstić information content (AvgIpc) is 2.74. The van der Waals surface area contributed by atoms with E-state index in [4.69, 9.17) is 0 Å². The zero-order valence-electron chi connectivity index (χ0n) is 8.83. The van der Waals surface area contributed by atoms with Gasteiger partial charge in [-0.05, 0) is 11.5 Å². The number of carbonyl (C=O) groups is 1. The smallest absolute Gasteiger partial charge is 0.271 e. The molecule has 1 aromatic heterocycles. The van der Waals surface area contributed by atoms with E-state index in [2.05, 4.69) is 40.0 Å². The molecule has 1 aromatic rings. The lowest BCUT2D eigenvalue weighted by atomic mass is 9.93. The molecule has 1 unspecified atom stereocenters. The van der Waals surface area contributed by atoms with Gasteiger partial charge in [0.1, 0.15) is 5.69 Å². The van der Waals surface area contributed by atoms with Crippen LogP contribution in [0.25, 0.3) is 0 Å². The Kier molecular flexibility index (Phi) is 2.58. The van der Waals surface area contributed by atoms with Gasteiger partial charge in [-0.25, -0.2) is 0 Å². The fraction of sp³-hybridized carbons (Fsp3) is 0.600. The van der Waals surface area contributed by atoms with Crippen molar-refractivity contribution in [1.82, 2.24) is 15.1 Å². The summed E-state index contributed by atoms with van der Waals surface area (Å²) >= 11 is 3.61. The summed E-state index contributed by atoms with van der Waals surface area (Å²) in [5, 5.41) is 6.49. The molecule has 0 aromatic carbocycles. The van der Waals surface area contributed by atoms with Crippen LogP contribution in [0.3, 0.4) is 0 Å². The van der Waals surface area contributed by atoms with Gasteiger partial charge in [0.05, 0.1) is 0 Å².